The molecule has 1 heterocycles. The number of hydrogen-bond donors (Lipinski definition) is 4. The van der Waals surface area contributed by atoms with Crippen LogP contribution in [0.5, 0.6) is 0 Å². The van der Waals surface area contributed by atoms with Crippen LogP contribution in [0.4, 0.5) is 4.79 Å². The molecule has 2 aliphatic carbocycles. The van der Waals surface area contributed by atoms with E-state index in [0.717, 1.165) is 19.3 Å². The number of urea groups is 1. The van der Waals surface area contributed by atoms with Gasteiger partial charge in [0.1, 0.15) is 12.1 Å². The summed E-state index contributed by atoms with van der Waals surface area (Å²) in [4.78, 5) is 69.3. The third-order valence-electron chi connectivity index (χ3n) is 10.9. The van der Waals surface area contributed by atoms with E-state index >= 15 is 0 Å². The number of rotatable bonds is 15. The van der Waals surface area contributed by atoms with Gasteiger partial charge >= 0.3 is 6.03 Å². The summed E-state index contributed by atoms with van der Waals surface area (Å²) in [5, 5.41) is 11.1. The summed E-state index contributed by atoms with van der Waals surface area (Å²) >= 11 is 0. The van der Waals surface area contributed by atoms with Crippen molar-refractivity contribution >= 4 is 39.4 Å². The van der Waals surface area contributed by atoms with E-state index < -0.39 is 68.5 Å². The molecule has 1 aliphatic heterocycles. The average Bonchev–Trinajstić information content (AvgIpc) is 3.36. The fourth-order valence-electron chi connectivity index (χ4n) is 8.09. The maximum absolute atomic E-state index is 14.5. The van der Waals surface area contributed by atoms with Gasteiger partial charge in [-0.05, 0) is 47.5 Å². The van der Waals surface area contributed by atoms with Gasteiger partial charge in [-0.3, -0.25) is 19.2 Å². The Morgan fingerprint density at radius 3 is 2.25 bits per heavy atom. The number of piperidine rings is 1. The predicted molar refractivity (Wildman–Crippen MR) is 196 cm³/mol. The van der Waals surface area contributed by atoms with Crippen molar-refractivity contribution in [2.45, 2.75) is 116 Å². The average molecular weight is 728 g/mol. The Bertz CT molecular complexity index is 1580. The minimum Gasteiger partial charge on any atom is -0.346 e. The molecule has 3 fully saturated rings. The van der Waals surface area contributed by atoms with Crippen LogP contribution in [0.1, 0.15) is 92.1 Å². The van der Waals surface area contributed by atoms with Gasteiger partial charge in [-0.15, -0.1) is 6.58 Å². The largest absolute Gasteiger partial charge is 0.346 e. The molecule has 1 aromatic rings. The summed E-state index contributed by atoms with van der Waals surface area (Å²) in [5.74, 6) is -2.99. The van der Waals surface area contributed by atoms with Crippen LogP contribution in [0.25, 0.3) is 0 Å². The first kappa shape index (κ1) is 40.0. The quantitative estimate of drug-likeness (QED) is 0.158. The van der Waals surface area contributed by atoms with Crippen LogP contribution in [0, 0.1) is 22.7 Å². The van der Waals surface area contributed by atoms with E-state index in [1.54, 1.807) is 24.3 Å². The van der Waals surface area contributed by atoms with Crippen LogP contribution in [0.15, 0.2) is 43.0 Å². The van der Waals surface area contributed by atoms with E-state index in [0.29, 0.717) is 31.4 Å². The molecule has 3 aliphatic rings. The molecule has 1 saturated heterocycles. The molecule has 2 saturated carbocycles. The fourth-order valence-corrected chi connectivity index (χ4v) is 10.1. The molecule has 0 aromatic heterocycles. The first-order chi connectivity index (χ1) is 23.9. The number of carbonyl (C=O) groups excluding carboxylic acids is 5. The second-order valence-electron chi connectivity index (χ2n) is 16.4. The number of benzene rings is 1. The van der Waals surface area contributed by atoms with Gasteiger partial charge in [-0.2, -0.15) is 0 Å². The maximum atomic E-state index is 14.5. The van der Waals surface area contributed by atoms with Crippen LogP contribution < -0.4 is 21.3 Å². The molecule has 3 unspecified atom stereocenters. The summed E-state index contributed by atoms with van der Waals surface area (Å²) in [6.45, 7) is 15.4. The summed E-state index contributed by atoms with van der Waals surface area (Å²) < 4.78 is 26.9. The van der Waals surface area contributed by atoms with Crippen molar-refractivity contribution in [2.75, 3.05) is 18.8 Å². The van der Waals surface area contributed by atoms with E-state index in [9.17, 15) is 32.4 Å². The van der Waals surface area contributed by atoms with E-state index in [2.05, 4.69) is 27.8 Å². The lowest BCUT2D eigenvalue weighted by Crippen LogP contribution is -2.64. The molecule has 13 heteroatoms. The Hall–Kier alpha value is -3.74. The summed E-state index contributed by atoms with van der Waals surface area (Å²) in [7, 11) is -3.60. The number of hydrogen-bond acceptors (Lipinski definition) is 7. The van der Waals surface area contributed by atoms with E-state index in [1.807, 2.05) is 47.6 Å². The Morgan fingerprint density at radius 2 is 1.67 bits per heavy atom. The number of likely N-dealkylation sites (tertiary alicyclic amines) is 1. The van der Waals surface area contributed by atoms with Gasteiger partial charge in [0.2, 0.25) is 17.6 Å². The van der Waals surface area contributed by atoms with Gasteiger partial charge in [0.05, 0.1) is 23.1 Å². The molecule has 4 rings (SSSR count). The van der Waals surface area contributed by atoms with Crippen molar-refractivity contribution in [3.8, 4) is 0 Å². The normalized spacial score (nSPS) is 23.2. The minimum absolute atomic E-state index is 0.0446. The Morgan fingerprint density at radius 1 is 1.02 bits per heavy atom. The number of Topliss-reactive ketones (excluding diaryl/α,β-unsaturated/α-hetero) is 1. The SMILES string of the molecule is C=CCNC(=O)C(=O)C(CCC)NC(=O)[C@@H]1C2C(CN1C(=O)[C@@H](NC(=O)NC1(CS(=O)(=O)Cc3ccccc3)CCCCC1)C(C)(C)C)C2(C)C. The number of sulfone groups is 1. The van der Waals surface area contributed by atoms with Crippen LogP contribution in [0.3, 0.4) is 0 Å². The first-order valence-electron chi connectivity index (χ1n) is 18.2. The van der Waals surface area contributed by atoms with Crippen molar-refractivity contribution in [3.05, 3.63) is 48.6 Å². The van der Waals surface area contributed by atoms with Crippen molar-refractivity contribution in [2.24, 2.45) is 22.7 Å². The Balaban J connectivity index is 1.53. The highest BCUT2D eigenvalue weighted by atomic mass is 32.2. The van der Waals surface area contributed by atoms with Gasteiger partial charge in [0.15, 0.2) is 9.84 Å². The van der Waals surface area contributed by atoms with Gasteiger partial charge in [-0.1, -0.05) is 104 Å². The summed E-state index contributed by atoms with van der Waals surface area (Å²) in [6, 6.07) is 5.31. The highest BCUT2D eigenvalue weighted by molar-refractivity contribution is 7.90. The van der Waals surface area contributed by atoms with Gasteiger partial charge in [0.25, 0.3) is 5.91 Å². The smallest absolute Gasteiger partial charge is 0.315 e. The van der Waals surface area contributed by atoms with Crippen LogP contribution >= 0.6 is 0 Å². The zero-order chi connectivity index (χ0) is 37.8. The zero-order valence-electron chi connectivity index (χ0n) is 31.0. The Kier molecular flexibility index (Phi) is 12.5. The lowest BCUT2D eigenvalue weighted by Gasteiger charge is -2.40. The third kappa shape index (κ3) is 9.58. The molecule has 0 bridgehead atoms. The lowest BCUT2D eigenvalue weighted by molar-refractivity contribution is -0.145. The van der Waals surface area contributed by atoms with Gasteiger partial charge in [0, 0.05) is 13.1 Å². The molecule has 5 amide bonds. The van der Waals surface area contributed by atoms with Gasteiger partial charge < -0.3 is 26.2 Å². The highest BCUT2D eigenvalue weighted by Gasteiger charge is 2.70. The first-order valence-corrected chi connectivity index (χ1v) is 20.0. The standard InChI is InChI=1S/C38H57N5O7S/c1-8-16-27(30(44)33(46)39-21-9-2)40-32(45)29-28-26(37(28,6)7)22-43(29)34(47)31(36(3,4)5)41-35(48)42-38(19-14-11-15-20-38)24-51(49,50)23-25-17-12-10-13-18-25/h9-10,12-13,17-18,26-29,31H,2,8,11,14-16,19-24H2,1,3-7H3,(H,39,46)(H,40,45)(H2,41,42,48)/t26?,27?,28?,29-,31+/m0/s1. The highest BCUT2D eigenvalue weighted by Crippen LogP contribution is 2.65. The molecule has 5 atom stereocenters. The molecule has 0 spiro atoms. The van der Waals surface area contributed by atoms with Crippen LogP contribution in [-0.2, 0) is 34.8 Å². The van der Waals surface area contributed by atoms with Crippen molar-refractivity contribution in [3.63, 3.8) is 0 Å². The number of nitrogens with one attached hydrogen (secondary N) is 4. The molecule has 1 aromatic carbocycles. The fraction of sp³-hybridized carbons (Fsp3) is 0.658. The molecule has 0 radical (unpaired) electrons. The minimum atomic E-state index is -3.60. The third-order valence-corrected chi connectivity index (χ3v) is 12.7. The second-order valence-corrected chi connectivity index (χ2v) is 18.4. The van der Waals surface area contributed by atoms with E-state index in [1.165, 1.54) is 11.0 Å². The van der Waals surface area contributed by atoms with Gasteiger partial charge in [-0.25, -0.2) is 13.2 Å². The molecule has 282 valence electrons. The summed E-state index contributed by atoms with van der Waals surface area (Å²) in [5.41, 5.74) is -1.30. The molecular weight excluding hydrogens is 671 g/mol. The number of nitrogens with zero attached hydrogens (tertiary/aromatic N) is 1. The predicted octanol–water partition coefficient (Wildman–Crippen LogP) is 3.66. The monoisotopic (exact) mass is 727 g/mol. The topological polar surface area (TPSA) is 171 Å². The molecule has 12 nitrogen and oxygen atoms in total. The lowest BCUT2D eigenvalue weighted by atomic mass is 9.83. The van der Waals surface area contributed by atoms with Crippen LogP contribution in [-0.4, -0.2) is 85.4 Å². The maximum Gasteiger partial charge on any atom is 0.315 e. The number of amides is 5. The second kappa shape index (κ2) is 15.9. The van der Waals surface area contributed by atoms with E-state index in [4.69, 9.17) is 0 Å². The van der Waals surface area contributed by atoms with E-state index in [-0.39, 0.29) is 41.7 Å². The van der Waals surface area contributed by atoms with Crippen LogP contribution in [0.2, 0.25) is 0 Å². The van der Waals surface area contributed by atoms with Crippen molar-refractivity contribution < 1.29 is 32.4 Å². The number of fused-ring (bicyclic) bond motifs is 1. The molecule has 4 N–H and O–H groups in total. The van der Waals surface area contributed by atoms with Crippen molar-refractivity contribution in [1.29, 1.82) is 0 Å². The number of ketones is 1. The van der Waals surface area contributed by atoms with Crippen molar-refractivity contribution in [1.82, 2.24) is 26.2 Å². The number of carbonyl (C=O) groups is 5. The Labute approximate surface area is 303 Å². The zero-order valence-corrected chi connectivity index (χ0v) is 31.9. The molecule has 51 heavy (non-hydrogen) atoms. The summed E-state index contributed by atoms with van der Waals surface area (Å²) in [6.07, 6.45) is 5.72. The molecular formula is C38H57N5O7S.